The maximum atomic E-state index is 5.80. The van der Waals surface area contributed by atoms with Gasteiger partial charge in [0.1, 0.15) is 0 Å². The van der Waals surface area contributed by atoms with Crippen LogP contribution in [-0.2, 0) is 6.54 Å². The molecule has 1 fully saturated rings. The van der Waals surface area contributed by atoms with Crippen molar-refractivity contribution in [3.8, 4) is 0 Å². The molecule has 2 rings (SSSR count). The van der Waals surface area contributed by atoms with Gasteiger partial charge in [0.15, 0.2) is 5.13 Å². The standard InChI is InChI=1S/C12H21N3S2/c1-8(2)11-10(6-13)17-12(14-11)15(3)9-4-5-16-7-9/h8-9H,4-7,13H2,1-3H3. The van der Waals surface area contributed by atoms with Gasteiger partial charge < -0.3 is 10.6 Å². The minimum absolute atomic E-state index is 0.463. The third kappa shape index (κ3) is 2.77. The Hall–Kier alpha value is -0.260. The fourth-order valence-electron chi connectivity index (χ4n) is 2.08. The maximum absolute atomic E-state index is 5.80. The van der Waals surface area contributed by atoms with Gasteiger partial charge in [0.25, 0.3) is 0 Å². The lowest BCUT2D eigenvalue weighted by atomic mass is 10.1. The first-order valence-corrected chi connectivity index (χ1v) is 8.10. The predicted octanol–water partition coefficient (Wildman–Crippen LogP) is 2.67. The molecule has 1 atom stereocenters. The van der Waals surface area contributed by atoms with Gasteiger partial charge in [-0.1, -0.05) is 13.8 Å². The van der Waals surface area contributed by atoms with E-state index in [1.54, 1.807) is 11.3 Å². The fourth-order valence-corrected chi connectivity index (χ4v) is 4.48. The number of nitrogens with two attached hydrogens (primary N) is 1. The lowest BCUT2D eigenvalue weighted by Gasteiger charge is -2.22. The molecule has 5 heteroatoms. The highest BCUT2D eigenvalue weighted by molar-refractivity contribution is 7.99. The van der Waals surface area contributed by atoms with Gasteiger partial charge in [0.2, 0.25) is 0 Å². The van der Waals surface area contributed by atoms with Crippen molar-refractivity contribution < 1.29 is 0 Å². The average molecular weight is 271 g/mol. The largest absolute Gasteiger partial charge is 0.347 e. The van der Waals surface area contributed by atoms with Crippen LogP contribution in [-0.4, -0.2) is 29.6 Å². The Bertz CT molecular complexity index is 370. The molecule has 0 bridgehead atoms. The van der Waals surface area contributed by atoms with Crippen LogP contribution in [0.25, 0.3) is 0 Å². The molecule has 0 radical (unpaired) electrons. The molecule has 2 heterocycles. The maximum Gasteiger partial charge on any atom is 0.185 e. The molecule has 1 saturated heterocycles. The molecule has 0 amide bonds. The lowest BCUT2D eigenvalue weighted by molar-refractivity contribution is 0.694. The molecule has 0 aliphatic carbocycles. The molecule has 1 unspecified atom stereocenters. The number of rotatable bonds is 4. The molecular formula is C12H21N3S2. The summed E-state index contributed by atoms with van der Waals surface area (Å²) in [6, 6.07) is 0.650. The van der Waals surface area contributed by atoms with Crippen LogP contribution in [0, 0.1) is 0 Å². The second-order valence-corrected chi connectivity index (χ2v) is 7.00. The van der Waals surface area contributed by atoms with E-state index in [1.807, 2.05) is 11.8 Å². The van der Waals surface area contributed by atoms with E-state index in [-0.39, 0.29) is 0 Å². The van der Waals surface area contributed by atoms with Gasteiger partial charge in [-0.25, -0.2) is 4.98 Å². The summed E-state index contributed by atoms with van der Waals surface area (Å²) in [5.41, 5.74) is 6.99. The van der Waals surface area contributed by atoms with Gasteiger partial charge in [-0.2, -0.15) is 11.8 Å². The van der Waals surface area contributed by atoms with Crippen LogP contribution in [0.4, 0.5) is 5.13 Å². The molecule has 2 N–H and O–H groups in total. The zero-order valence-electron chi connectivity index (χ0n) is 10.8. The highest BCUT2D eigenvalue weighted by atomic mass is 32.2. The number of anilines is 1. The van der Waals surface area contributed by atoms with E-state index in [1.165, 1.54) is 28.5 Å². The normalized spacial score (nSPS) is 20.2. The van der Waals surface area contributed by atoms with Crippen molar-refractivity contribution in [3.63, 3.8) is 0 Å². The SMILES string of the molecule is CC(C)c1nc(N(C)C2CCSC2)sc1CN. The van der Waals surface area contributed by atoms with E-state index in [4.69, 9.17) is 10.7 Å². The molecular weight excluding hydrogens is 250 g/mol. The second-order valence-electron chi connectivity index (χ2n) is 4.79. The number of aromatic nitrogens is 1. The Morgan fingerprint density at radius 2 is 2.29 bits per heavy atom. The molecule has 1 aromatic rings. The van der Waals surface area contributed by atoms with E-state index >= 15 is 0 Å². The Morgan fingerprint density at radius 3 is 2.76 bits per heavy atom. The Labute approximate surface area is 112 Å². The zero-order valence-corrected chi connectivity index (χ0v) is 12.4. The number of thioether (sulfide) groups is 1. The number of nitrogens with zero attached hydrogens (tertiary/aromatic N) is 2. The first-order chi connectivity index (χ1) is 8.13. The van der Waals surface area contributed by atoms with Gasteiger partial charge in [-0.15, -0.1) is 11.3 Å². The minimum Gasteiger partial charge on any atom is -0.347 e. The number of thiazole rings is 1. The van der Waals surface area contributed by atoms with Crippen LogP contribution in [0.1, 0.15) is 36.8 Å². The van der Waals surface area contributed by atoms with Crippen molar-refractivity contribution in [2.45, 2.75) is 38.8 Å². The topological polar surface area (TPSA) is 42.2 Å². The molecule has 0 spiro atoms. The minimum atomic E-state index is 0.463. The van der Waals surface area contributed by atoms with Crippen LogP contribution in [0.5, 0.6) is 0 Å². The van der Waals surface area contributed by atoms with E-state index in [9.17, 15) is 0 Å². The summed E-state index contributed by atoms with van der Waals surface area (Å²) in [6.07, 6.45) is 1.27. The smallest absolute Gasteiger partial charge is 0.185 e. The van der Waals surface area contributed by atoms with Gasteiger partial charge in [0, 0.05) is 30.3 Å². The first-order valence-electron chi connectivity index (χ1n) is 6.13. The fraction of sp³-hybridized carbons (Fsp3) is 0.750. The molecule has 0 aromatic carbocycles. The van der Waals surface area contributed by atoms with Crippen LogP contribution in [0.15, 0.2) is 0 Å². The van der Waals surface area contributed by atoms with E-state index < -0.39 is 0 Å². The Kier molecular flexibility index (Phi) is 4.33. The van der Waals surface area contributed by atoms with Gasteiger partial charge in [0.05, 0.1) is 5.69 Å². The monoisotopic (exact) mass is 271 g/mol. The van der Waals surface area contributed by atoms with Crippen LogP contribution < -0.4 is 10.6 Å². The third-order valence-corrected chi connectivity index (χ3v) is 5.53. The summed E-state index contributed by atoms with van der Waals surface area (Å²) < 4.78 is 0. The summed E-state index contributed by atoms with van der Waals surface area (Å²) in [4.78, 5) is 8.37. The summed E-state index contributed by atoms with van der Waals surface area (Å²) in [5.74, 6) is 2.97. The quantitative estimate of drug-likeness (QED) is 0.914. The number of hydrogen-bond acceptors (Lipinski definition) is 5. The van der Waals surface area contributed by atoms with E-state index in [0.29, 0.717) is 18.5 Å². The van der Waals surface area contributed by atoms with Crippen LogP contribution in [0.3, 0.4) is 0 Å². The summed E-state index contributed by atoms with van der Waals surface area (Å²) in [5, 5.41) is 1.14. The Balaban J connectivity index is 2.20. The predicted molar refractivity (Wildman–Crippen MR) is 78.2 cm³/mol. The van der Waals surface area contributed by atoms with Gasteiger partial charge in [-0.05, 0) is 18.1 Å². The molecule has 0 saturated carbocycles. The lowest BCUT2D eigenvalue weighted by Crippen LogP contribution is -2.31. The molecule has 1 aliphatic heterocycles. The molecule has 1 aliphatic rings. The van der Waals surface area contributed by atoms with Crippen molar-refractivity contribution in [1.82, 2.24) is 4.98 Å². The molecule has 17 heavy (non-hydrogen) atoms. The highest BCUT2D eigenvalue weighted by Crippen LogP contribution is 2.33. The number of hydrogen-bond donors (Lipinski definition) is 1. The summed E-state index contributed by atoms with van der Waals surface area (Å²) in [6.45, 7) is 4.98. The van der Waals surface area contributed by atoms with Crippen LogP contribution in [0.2, 0.25) is 0 Å². The van der Waals surface area contributed by atoms with Crippen molar-refractivity contribution in [2.24, 2.45) is 5.73 Å². The molecule has 3 nitrogen and oxygen atoms in total. The van der Waals surface area contributed by atoms with Crippen molar-refractivity contribution in [2.75, 3.05) is 23.5 Å². The average Bonchev–Trinajstić information content (AvgIpc) is 2.97. The Morgan fingerprint density at radius 1 is 1.53 bits per heavy atom. The van der Waals surface area contributed by atoms with Gasteiger partial charge >= 0.3 is 0 Å². The molecule has 96 valence electrons. The van der Waals surface area contributed by atoms with Crippen molar-refractivity contribution in [1.29, 1.82) is 0 Å². The zero-order chi connectivity index (χ0) is 12.4. The highest BCUT2D eigenvalue weighted by Gasteiger charge is 2.24. The van der Waals surface area contributed by atoms with Crippen molar-refractivity contribution >= 4 is 28.2 Å². The second kappa shape index (κ2) is 5.59. The third-order valence-electron chi connectivity index (χ3n) is 3.20. The van der Waals surface area contributed by atoms with Gasteiger partial charge in [-0.3, -0.25) is 0 Å². The van der Waals surface area contributed by atoms with Crippen molar-refractivity contribution in [3.05, 3.63) is 10.6 Å². The van der Waals surface area contributed by atoms with E-state index in [2.05, 4.69) is 25.8 Å². The first kappa shape index (κ1) is 13.2. The van der Waals surface area contributed by atoms with Crippen LogP contribution >= 0.6 is 23.1 Å². The molecule has 1 aromatic heterocycles. The van der Waals surface area contributed by atoms with E-state index in [0.717, 1.165) is 5.13 Å². The summed E-state index contributed by atoms with van der Waals surface area (Å²) >= 11 is 3.80. The summed E-state index contributed by atoms with van der Waals surface area (Å²) in [7, 11) is 2.17.